The Balaban J connectivity index is 0.000000165. The Morgan fingerprint density at radius 2 is 1.19 bits per heavy atom. The molecule has 2 heterocycles. The third-order valence-corrected chi connectivity index (χ3v) is 5.81. The largest absolute Gasteiger partial charge is 1.00 e. The van der Waals surface area contributed by atoms with Crippen molar-refractivity contribution in [3.63, 3.8) is 0 Å². The van der Waals surface area contributed by atoms with E-state index >= 15 is 0 Å². The first-order valence-corrected chi connectivity index (χ1v) is 11.1. The highest BCUT2D eigenvalue weighted by atomic mass is 127. The van der Waals surface area contributed by atoms with E-state index < -0.39 is 0 Å². The van der Waals surface area contributed by atoms with Crippen molar-refractivity contribution in [3.8, 4) is 23.5 Å². The van der Waals surface area contributed by atoms with Crippen molar-refractivity contribution in [3.05, 3.63) is 121 Å². The van der Waals surface area contributed by atoms with Gasteiger partial charge in [0.05, 0.1) is 41.3 Å². The van der Waals surface area contributed by atoms with E-state index in [1.54, 1.807) is 6.33 Å². The Bertz CT molecular complexity index is 1720. The summed E-state index contributed by atoms with van der Waals surface area (Å²) in [6.07, 6.45) is 3.85. The number of benzene rings is 4. The van der Waals surface area contributed by atoms with Crippen LogP contribution in [0, 0.1) is 22.7 Å². The first-order valence-electron chi connectivity index (χ1n) is 11.1. The SMILES string of the molecule is C[n+]1cn(-c2ccc(C#N)cc2)c2ccccc21.N#Cc1ccc(-n2cnc3ccccc32)cc1.[I-]. The van der Waals surface area contributed by atoms with E-state index in [1.165, 1.54) is 5.52 Å². The molecule has 0 aliphatic heterocycles. The fraction of sp³-hybridized carbons (Fsp3) is 0.0345. The molecular formula is C29H21IN6. The molecule has 0 spiro atoms. The Morgan fingerprint density at radius 1 is 0.667 bits per heavy atom. The lowest BCUT2D eigenvalue weighted by molar-refractivity contribution is -0.645. The van der Waals surface area contributed by atoms with Crippen molar-refractivity contribution in [2.45, 2.75) is 0 Å². The number of hydrogen-bond acceptors (Lipinski definition) is 3. The Hall–Kier alpha value is -4.47. The second-order valence-corrected chi connectivity index (χ2v) is 8.01. The van der Waals surface area contributed by atoms with Gasteiger partial charge in [-0.15, -0.1) is 0 Å². The van der Waals surface area contributed by atoms with Crippen LogP contribution in [-0.4, -0.2) is 14.1 Å². The van der Waals surface area contributed by atoms with Crippen molar-refractivity contribution >= 4 is 22.1 Å². The van der Waals surface area contributed by atoms with Crippen LogP contribution in [0.15, 0.2) is 110 Å². The van der Waals surface area contributed by atoms with Gasteiger partial charge in [-0.25, -0.2) is 9.55 Å². The summed E-state index contributed by atoms with van der Waals surface area (Å²) in [4.78, 5) is 4.34. The van der Waals surface area contributed by atoms with Gasteiger partial charge in [0, 0.05) is 5.69 Å². The molecule has 36 heavy (non-hydrogen) atoms. The first kappa shape index (κ1) is 24.6. The lowest BCUT2D eigenvalue weighted by Crippen LogP contribution is -3.00. The molecule has 0 saturated heterocycles. The number of aryl methyl sites for hydroxylation is 1. The Labute approximate surface area is 225 Å². The van der Waals surface area contributed by atoms with Gasteiger partial charge in [0.2, 0.25) is 6.33 Å². The topological polar surface area (TPSA) is 74.2 Å². The van der Waals surface area contributed by atoms with Gasteiger partial charge in [-0.05, 0) is 72.8 Å². The Kier molecular flexibility index (Phi) is 7.43. The molecule has 0 fully saturated rings. The van der Waals surface area contributed by atoms with E-state index in [9.17, 15) is 0 Å². The van der Waals surface area contributed by atoms with E-state index in [4.69, 9.17) is 10.5 Å². The molecule has 174 valence electrons. The predicted octanol–water partition coefficient (Wildman–Crippen LogP) is 2.23. The number of para-hydroxylation sites is 4. The molecule has 6 rings (SSSR count). The molecule has 4 aromatic carbocycles. The summed E-state index contributed by atoms with van der Waals surface area (Å²) in [7, 11) is 2.03. The number of hydrogen-bond donors (Lipinski definition) is 0. The van der Waals surface area contributed by atoms with Crippen LogP contribution in [0.3, 0.4) is 0 Å². The average molecular weight is 580 g/mol. The molecule has 0 amide bonds. The van der Waals surface area contributed by atoms with Crippen LogP contribution in [0.5, 0.6) is 0 Å². The van der Waals surface area contributed by atoms with Crippen LogP contribution >= 0.6 is 0 Å². The molecule has 0 aliphatic rings. The zero-order chi connectivity index (χ0) is 24.2. The number of nitriles is 2. The average Bonchev–Trinajstić information content (AvgIpc) is 3.51. The summed E-state index contributed by atoms with van der Waals surface area (Å²) >= 11 is 0. The number of aromatic nitrogens is 4. The van der Waals surface area contributed by atoms with Crippen LogP contribution in [0.25, 0.3) is 33.4 Å². The quantitative estimate of drug-likeness (QED) is 0.233. The van der Waals surface area contributed by atoms with Gasteiger partial charge in [0.15, 0.2) is 11.0 Å². The number of imidazole rings is 2. The second-order valence-electron chi connectivity index (χ2n) is 8.01. The number of fused-ring (bicyclic) bond motifs is 2. The van der Waals surface area contributed by atoms with Crippen LogP contribution in [0.4, 0.5) is 0 Å². The molecule has 0 N–H and O–H groups in total. The molecule has 6 nitrogen and oxygen atoms in total. The van der Waals surface area contributed by atoms with Gasteiger partial charge in [-0.1, -0.05) is 24.3 Å². The van der Waals surface area contributed by atoms with Crippen LogP contribution in [-0.2, 0) is 7.05 Å². The molecule has 0 unspecified atom stereocenters. The summed E-state index contributed by atoms with van der Waals surface area (Å²) in [5.74, 6) is 0. The smallest absolute Gasteiger partial charge is 0.249 e. The van der Waals surface area contributed by atoms with Crippen LogP contribution in [0.2, 0.25) is 0 Å². The van der Waals surface area contributed by atoms with Crippen molar-refractivity contribution in [1.82, 2.24) is 14.1 Å². The number of halogens is 1. The third-order valence-electron chi connectivity index (χ3n) is 5.81. The molecule has 0 radical (unpaired) electrons. The van der Waals surface area contributed by atoms with Crippen molar-refractivity contribution in [2.75, 3.05) is 0 Å². The molecule has 7 heteroatoms. The minimum Gasteiger partial charge on any atom is -1.00 e. The van der Waals surface area contributed by atoms with Gasteiger partial charge in [-0.3, -0.25) is 4.57 Å². The Morgan fingerprint density at radius 3 is 1.81 bits per heavy atom. The predicted molar refractivity (Wildman–Crippen MR) is 135 cm³/mol. The van der Waals surface area contributed by atoms with Gasteiger partial charge in [-0.2, -0.15) is 15.1 Å². The summed E-state index contributed by atoms with van der Waals surface area (Å²) in [6, 6.07) is 35.5. The third kappa shape index (κ3) is 4.83. The summed E-state index contributed by atoms with van der Waals surface area (Å²) in [6.45, 7) is 0. The van der Waals surface area contributed by atoms with E-state index in [1.807, 2.05) is 103 Å². The van der Waals surface area contributed by atoms with Gasteiger partial charge >= 0.3 is 0 Å². The molecule has 0 atom stereocenters. The zero-order valence-electron chi connectivity index (χ0n) is 19.5. The van der Waals surface area contributed by atoms with Gasteiger partial charge in [0.25, 0.3) is 0 Å². The maximum absolute atomic E-state index is 8.81. The van der Waals surface area contributed by atoms with Crippen molar-refractivity contribution < 1.29 is 28.5 Å². The van der Waals surface area contributed by atoms with Gasteiger partial charge < -0.3 is 24.0 Å². The monoisotopic (exact) mass is 580 g/mol. The minimum absolute atomic E-state index is 0. The van der Waals surface area contributed by atoms with Crippen LogP contribution < -0.4 is 28.5 Å². The fourth-order valence-corrected chi connectivity index (χ4v) is 4.03. The summed E-state index contributed by atoms with van der Waals surface area (Å²) in [5, 5.41) is 17.6. The highest BCUT2D eigenvalue weighted by Gasteiger charge is 2.13. The fourth-order valence-electron chi connectivity index (χ4n) is 4.03. The van der Waals surface area contributed by atoms with Crippen molar-refractivity contribution in [2.24, 2.45) is 7.05 Å². The van der Waals surface area contributed by atoms with Gasteiger partial charge in [0.1, 0.15) is 12.0 Å². The zero-order valence-corrected chi connectivity index (χ0v) is 21.6. The molecule has 0 aliphatic carbocycles. The lowest BCUT2D eigenvalue weighted by atomic mass is 10.2. The molecule has 2 aromatic heterocycles. The van der Waals surface area contributed by atoms with E-state index in [2.05, 4.69) is 38.4 Å². The minimum atomic E-state index is 0. The number of nitrogens with zero attached hydrogens (tertiary/aromatic N) is 6. The van der Waals surface area contributed by atoms with E-state index in [0.29, 0.717) is 11.1 Å². The summed E-state index contributed by atoms with van der Waals surface area (Å²) in [5.41, 5.74) is 7.79. The highest BCUT2D eigenvalue weighted by molar-refractivity contribution is 5.77. The second kappa shape index (κ2) is 10.9. The highest BCUT2D eigenvalue weighted by Crippen LogP contribution is 2.18. The molecule has 0 bridgehead atoms. The standard InChI is InChI=1S/C15H12N3.C14H9N3.HI/c1-17-11-18(15-5-3-2-4-14(15)17)13-8-6-12(10-16)7-9-13;15-9-11-5-7-12(8-6-11)17-10-16-13-3-1-2-4-14(13)17;/h2-9,11H,1H3;1-8,10H;1H/q+1;;/p-1. The van der Waals surface area contributed by atoms with E-state index in [0.717, 1.165) is 27.9 Å². The van der Waals surface area contributed by atoms with Crippen LogP contribution in [0.1, 0.15) is 11.1 Å². The lowest BCUT2D eigenvalue weighted by Gasteiger charge is -2.03. The molecule has 6 aromatic rings. The first-order chi connectivity index (χ1) is 17.2. The molecule has 0 saturated carbocycles. The maximum atomic E-state index is 8.81. The summed E-state index contributed by atoms with van der Waals surface area (Å²) < 4.78 is 6.22. The maximum Gasteiger partial charge on any atom is 0.249 e. The van der Waals surface area contributed by atoms with Crippen molar-refractivity contribution in [1.29, 1.82) is 10.5 Å². The normalized spacial score (nSPS) is 10.1. The number of rotatable bonds is 2. The molecular weight excluding hydrogens is 559 g/mol. The van der Waals surface area contributed by atoms with E-state index in [-0.39, 0.29) is 24.0 Å².